The van der Waals surface area contributed by atoms with Gasteiger partial charge in [0.25, 0.3) is 0 Å². The van der Waals surface area contributed by atoms with E-state index in [9.17, 15) is 0 Å². The number of benzene rings is 1. The van der Waals surface area contributed by atoms with Crippen LogP contribution in [0.1, 0.15) is 18.9 Å². The van der Waals surface area contributed by atoms with Crippen LogP contribution in [0.25, 0.3) is 0 Å². The zero-order chi connectivity index (χ0) is 12.5. The molecule has 0 spiro atoms. The second-order valence-electron chi connectivity index (χ2n) is 4.17. The van der Waals surface area contributed by atoms with Crippen molar-refractivity contribution in [2.24, 2.45) is 0 Å². The minimum Gasteiger partial charge on any atom is -0.494 e. The molecule has 0 aliphatic heterocycles. The SMILES string of the molecule is CCOc1ccc(CCN(C)CCCCl)cc1. The predicted molar refractivity (Wildman–Crippen MR) is 74.1 cm³/mol. The van der Waals surface area contributed by atoms with E-state index < -0.39 is 0 Å². The van der Waals surface area contributed by atoms with Crippen molar-refractivity contribution in [3.05, 3.63) is 29.8 Å². The molecular formula is C14H22ClNO. The Morgan fingerprint density at radius 2 is 1.88 bits per heavy atom. The summed E-state index contributed by atoms with van der Waals surface area (Å²) >= 11 is 5.67. The van der Waals surface area contributed by atoms with Crippen LogP contribution in [0.3, 0.4) is 0 Å². The van der Waals surface area contributed by atoms with Crippen molar-refractivity contribution in [1.82, 2.24) is 4.90 Å². The molecule has 96 valence electrons. The van der Waals surface area contributed by atoms with Gasteiger partial charge in [-0.1, -0.05) is 12.1 Å². The molecule has 0 aliphatic rings. The molecule has 0 N–H and O–H groups in total. The summed E-state index contributed by atoms with van der Waals surface area (Å²) in [6.45, 7) is 4.87. The highest BCUT2D eigenvalue weighted by Gasteiger charge is 1.99. The highest BCUT2D eigenvalue weighted by Crippen LogP contribution is 2.12. The van der Waals surface area contributed by atoms with Crippen LogP contribution in [0, 0.1) is 0 Å². The van der Waals surface area contributed by atoms with E-state index in [0.717, 1.165) is 44.2 Å². The molecule has 0 heterocycles. The van der Waals surface area contributed by atoms with Gasteiger partial charge in [-0.15, -0.1) is 11.6 Å². The van der Waals surface area contributed by atoms with Gasteiger partial charge < -0.3 is 9.64 Å². The third-order valence-electron chi connectivity index (χ3n) is 2.69. The number of rotatable bonds is 8. The highest BCUT2D eigenvalue weighted by molar-refractivity contribution is 6.17. The molecule has 0 aliphatic carbocycles. The van der Waals surface area contributed by atoms with Gasteiger partial charge in [0.15, 0.2) is 0 Å². The van der Waals surface area contributed by atoms with Crippen LogP contribution >= 0.6 is 11.6 Å². The first kappa shape index (κ1) is 14.3. The van der Waals surface area contributed by atoms with E-state index in [2.05, 4.69) is 24.1 Å². The third kappa shape index (κ3) is 5.94. The molecule has 0 amide bonds. The predicted octanol–water partition coefficient (Wildman–Crippen LogP) is 3.19. The summed E-state index contributed by atoms with van der Waals surface area (Å²) in [5, 5.41) is 0. The molecule has 17 heavy (non-hydrogen) atoms. The monoisotopic (exact) mass is 255 g/mol. The summed E-state index contributed by atoms with van der Waals surface area (Å²) in [6, 6.07) is 8.36. The molecule has 3 heteroatoms. The van der Waals surface area contributed by atoms with Crippen molar-refractivity contribution >= 4 is 11.6 Å². The van der Waals surface area contributed by atoms with Gasteiger partial charge in [-0.25, -0.2) is 0 Å². The Hall–Kier alpha value is -0.730. The fourth-order valence-corrected chi connectivity index (χ4v) is 1.80. The lowest BCUT2D eigenvalue weighted by atomic mass is 10.1. The zero-order valence-corrected chi connectivity index (χ0v) is 11.5. The first-order chi connectivity index (χ1) is 8.26. The van der Waals surface area contributed by atoms with Crippen LogP contribution < -0.4 is 4.74 Å². The molecular weight excluding hydrogens is 234 g/mol. The Morgan fingerprint density at radius 3 is 2.47 bits per heavy atom. The standard InChI is InChI=1S/C14H22ClNO/c1-3-17-14-7-5-13(6-8-14)9-12-16(2)11-4-10-15/h5-8H,3-4,9-12H2,1-2H3. The lowest BCUT2D eigenvalue weighted by Gasteiger charge is -2.15. The van der Waals surface area contributed by atoms with Gasteiger partial charge in [0, 0.05) is 12.4 Å². The fraction of sp³-hybridized carbons (Fsp3) is 0.571. The van der Waals surface area contributed by atoms with Crippen LogP contribution in [-0.4, -0.2) is 37.5 Å². The molecule has 1 aromatic rings. The Kier molecular flexibility index (Phi) is 7.06. The third-order valence-corrected chi connectivity index (χ3v) is 2.96. The lowest BCUT2D eigenvalue weighted by Crippen LogP contribution is -2.22. The van der Waals surface area contributed by atoms with E-state index in [0.29, 0.717) is 0 Å². The van der Waals surface area contributed by atoms with Crippen molar-refractivity contribution in [2.75, 3.05) is 32.6 Å². The number of halogens is 1. The molecule has 1 aromatic carbocycles. The number of hydrogen-bond acceptors (Lipinski definition) is 2. The number of nitrogens with zero attached hydrogens (tertiary/aromatic N) is 1. The second-order valence-corrected chi connectivity index (χ2v) is 4.55. The topological polar surface area (TPSA) is 12.5 Å². The molecule has 1 rings (SSSR count). The van der Waals surface area contributed by atoms with Crippen molar-refractivity contribution in [3.8, 4) is 5.75 Å². The van der Waals surface area contributed by atoms with E-state index in [1.807, 2.05) is 19.1 Å². The normalized spacial score (nSPS) is 10.8. The van der Waals surface area contributed by atoms with Crippen molar-refractivity contribution < 1.29 is 4.74 Å². The molecule has 0 bridgehead atoms. The molecule has 0 unspecified atom stereocenters. The zero-order valence-electron chi connectivity index (χ0n) is 10.8. The lowest BCUT2D eigenvalue weighted by molar-refractivity contribution is 0.337. The van der Waals surface area contributed by atoms with Crippen LogP contribution in [0.5, 0.6) is 5.75 Å². The van der Waals surface area contributed by atoms with E-state index in [4.69, 9.17) is 16.3 Å². The average Bonchev–Trinajstić information content (AvgIpc) is 2.36. The van der Waals surface area contributed by atoms with Gasteiger partial charge >= 0.3 is 0 Å². The van der Waals surface area contributed by atoms with Crippen molar-refractivity contribution in [1.29, 1.82) is 0 Å². The molecule has 0 atom stereocenters. The second kappa shape index (κ2) is 8.37. The Bertz CT molecular complexity index is 300. The minimum absolute atomic E-state index is 0.723. The molecule has 0 saturated carbocycles. The summed E-state index contributed by atoms with van der Waals surface area (Å²) in [5.41, 5.74) is 1.35. The first-order valence-corrected chi connectivity index (χ1v) is 6.76. The van der Waals surface area contributed by atoms with Crippen LogP contribution in [-0.2, 0) is 6.42 Å². The Morgan fingerprint density at radius 1 is 1.18 bits per heavy atom. The van der Waals surface area contributed by atoms with Crippen LogP contribution in [0.2, 0.25) is 0 Å². The molecule has 0 radical (unpaired) electrons. The van der Waals surface area contributed by atoms with E-state index in [1.54, 1.807) is 0 Å². The van der Waals surface area contributed by atoms with Crippen molar-refractivity contribution in [2.45, 2.75) is 19.8 Å². The average molecular weight is 256 g/mol. The fourth-order valence-electron chi connectivity index (χ4n) is 1.68. The minimum atomic E-state index is 0.723. The van der Waals surface area contributed by atoms with Crippen LogP contribution in [0.4, 0.5) is 0 Å². The van der Waals surface area contributed by atoms with E-state index >= 15 is 0 Å². The maximum Gasteiger partial charge on any atom is 0.119 e. The Balaban J connectivity index is 2.31. The van der Waals surface area contributed by atoms with Gasteiger partial charge in [0.05, 0.1) is 6.61 Å². The molecule has 2 nitrogen and oxygen atoms in total. The first-order valence-electron chi connectivity index (χ1n) is 6.22. The number of ether oxygens (including phenoxy) is 1. The van der Waals surface area contributed by atoms with Gasteiger partial charge in [0.2, 0.25) is 0 Å². The van der Waals surface area contributed by atoms with E-state index in [1.165, 1.54) is 5.56 Å². The summed E-state index contributed by atoms with van der Waals surface area (Å²) in [7, 11) is 2.14. The summed E-state index contributed by atoms with van der Waals surface area (Å²) in [5.74, 6) is 1.69. The summed E-state index contributed by atoms with van der Waals surface area (Å²) < 4.78 is 5.41. The van der Waals surface area contributed by atoms with Gasteiger partial charge in [-0.05, 0) is 51.1 Å². The van der Waals surface area contributed by atoms with Gasteiger partial charge in [-0.3, -0.25) is 0 Å². The van der Waals surface area contributed by atoms with Crippen molar-refractivity contribution in [3.63, 3.8) is 0 Å². The summed E-state index contributed by atoms with van der Waals surface area (Å²) in [6.07, 6.45) is 2.13. The highest BCUT2D eigenvalue weighted by atomic mass is 35.5. The smallest absolute Gasteiger partial charge is 0.119 e. The molecule has 0 fully saturated rings. The Labute approximate surface area is 110 Å². The number of alkyl halides is 1. The van der Waals surface area contributed by atoms with Gasteiger partial charge in [-0.2, -0.15) is 0 Å². The van der Waals surface area contributed by atoms with E-state index in [-0.39, 0.29) is 0 Å². The largest absolute Gasteiger partial charge is 0.494 e. The summed E-state index contributed by atoms with van der Waals surface area (Å²) in [4.78, 5) is 2.32. The van der Waals surface area contributed by atoms with Gasteiger partial charge in [0.1, 0.15) is 5.75 Å². The quantitative estimate of drug-likeness (QED) is 0.662. The number of likely N-dealkylation sites (N-methyl/N-ethyl adjacent to an activating group) is 1. The maximum atomic E-state index is 5.67. The number of hydrogen-bond donors (Lipinski definition) is 0. The van der Waals surface area contributed by atoms with Crippen LogP contribution in [0.15, 0.2) is 24.3 Å². The molecule has 0 saturated heterocycles. The maximum absolute atomic E-state index is 5.67. The molecule has 0 aromatic heterocycles.